The van der Waals surface area contributed by atoms with Crippen LogP contribution in [0, 0.1) is 18.3 Å². The van der Waals surface area contributed by atoms with Crippen LogP contribution >= 0.6 is 11.3 Å². The summed E-state index contributed by atoms with van der Waals surface area (Å²) in [5.41, 5.74) is 0.591. The number of aryl methyl sites for hydroxylation is 1. The predicted octanol–water partition coefficient (Wildman–Crippen LogP) is 2.14. The fourth-order valence-electron chi connectivity index (χ4n) is 2.54. The highest BCUT2D eigenvalue weighted by Crippen LogP contribution is 2.51. The SMILES string of the molecule is Cc1ccsc1C1CC1C(=O)NCC1(C(=O)O)CC1. The van der Waals surface area contributed by atoms with Crippen LogP contribution in [0.15, 0.2) is 11.4 Å². The number of thiophene rings is 1. The van der Waals surface area contributed by atoms with Crippen molar-refractivity contribution in [1.29, 1.82) is 0 Å². The molecule has 2 unspecified atom stereocenters. The molecule has 2 atom stereocenters. The maximum atomic E-state index is 12.0. The molecule has 2 aliphatic rings. The van der Waals surface area contributed by atoms with E-state index in [-0.39, 0.29) is 18.4 Å². The molecule has 102 valence electrons. The van der Waals surface area contributed by atoms with Crippen LogP contribution in [0.3, 0.4) is 0 Å². The second-order valence-corrected chi connectivity index (χ2v) is 6.67. The standard InChI is InChI=1S/C14H17NO3S/c1-8-2-5-19-11(8)9-6-10(9)12(16)15-7-14(3-4-14)13(17)18/h2,5,9-10H,3-4,6-7H2,1H3,(H,15,16)(H,17,18). The molecule has 0 saturated heterocycles. The Bertz CT molecular complexity index is 533. The van der Waals surface area contributed by atoms with Crippen LogP contribution in [-0.4, -0.2) is 23.5 Å². The summed E-state index contributed by atoms with van der Waals surface area (Å²) in [4.78, 5) is 24.4. The van der Waals surface area contributed by atoms with Crippen molar-refractivity contribution in [3.8, 4) is 0 Å². The Morgan fingerprint density at radius 3 is 2.79 bits per heavy atom. The Morgan fingerprint density at radius 2 is 2.26 bits per heavy atom. The summed E-state index contributed by atoms with van der Waals surface area (Å²) < 4.78 is 0. The average Bonchev–Trinajstić information content (AvgIpc) is 3.27. The van der Waals surface area contributed by atoms with Gasteiger partial charge in [-0.15, -0.1) is 11.3 Å². The second kappa shape index (κ2) is 4.34. The number of aliphatic carboxylic acids is 1. The average molecular weight is 279 g/mol. The van der Waals surface area contributed by atoms with Crippen LogP contribution < -0.4 is 5.32 Å². The molecule has 0 radical (unpaired) electrons. The molecule has 1 aromatic rings. The quantitative estimate of drug-likeness (QED) is 0.868. The minimum atomic E-state index is -0.783. The van der Waals surface area contributed by atoms with Crippen molar-refractivity contribution in [2.45, 2.75) is 32.1 Å². The van der Waals surface area contributed by atoms with E-state index >= 15 is 0 Å². The topological polar surface area (TPSA) is 66.4 Å². The second-order valence-electron chi connectivity index (χ2n) is 5.72. The lowest BCUT2D eigenvalue weighted by molar-refractivity contribution is -0.143. The summed E-state index contributed by atoms with van der Waals surface area (Å²) in [5.74, 6) is -0.374. The summed E-state index contributed by atoms with van der Waals surface area (Å²) in [6.45, 7) is 2.36. The first-order valence-electron chi connectivity index (χ1n) is 6.59. The fraction of sp³-hybridized carbons (Fsp3) is 0.571. The van der Waals surface area contributed by atoms with Gasteiger partial charge in [-0.25, -0.2) is 0 Å². The van der Waals surface area contributed by atoms with E-state index in [2.05, 4.69) is 23.7 Å². The van der Waals surface area contributed by atoms with Gasteiger partial charge in [0.1, 0.15) is 0 Å². The zero-order valence-corrected chi connectivity index (χ0v) is 11.6. The van der Waals surface area contributed by atoms with Crippen LogP contribution in [-0.2, 0) is 9.59 Å². The number of hydrogen-bond donors (Lipinski definition) is 2. The largest absolute Gasteiger partial charge is 0.481 e. The molecule has 0 spiro atoms. The first kappa shape index (κ1) is 12.7. The van der Waals surface area contributed by atoms with Gasteiger partial charge in [0.15, 0.2) is 0 Å². The van der Waals surface area contributed by atoms with Crippen LogP contribution in [0.5, 0.6) is 0 Å². The van der Waals surface area contributed by atoms with Crippen molar-refractivity contribution in [3.63, 3.8) is 0 Å². The van der Waals surface area contributed by atoms with Gasteiger partial charge in [0.2, 0.25) is 5.91 Å². The summed E-state index contributed by atoms with van der Waals surface area (Å²) in [6.07, 6.45) is 2.26. The molecule has 2 N–H and O–H groups in total. The van der Waals surface area contributed by atoms with Crippen molar-refractivity contribution in [2.75, 3.05) is 6.54 Å². The maximum absolute atomic E-state index is 12.0. The highest BCUT2D eigenvalue weighted by Gasteiger charge is 2.51. The van der Waals surface area contributed by atoms with Crippen molar-refractivity contribution in [1.82, 2.24) is 5.32 Å². The highest BCUT2D eigenvalue weighted by molar-refractivity contribution is 7.10. The molecule has 1 amide bonds. The molecular formula is C14H17NO3S. The van der Waals surface area contributed by atoms with Crippen molar-refractivity contribution in [3.05, 3.63) is 21.9 Å². The monoisotopic (exact) mass is 279 g/mol. The Morgan fingerprint density at radius 1 is 1.53 bits per heavy atom. The molecule has 19 heavy (non-hydrogen) atoms. The van der Waals surface area contributed by atoms with E-state index in [1.165, 1.54) is 10.4 Å². The van der Waals surface area contributed by atoms with E-state index in [0.717, 1.165) is 6.42 Å². The van der Waals surface area contributed by atoms with E-state index < -0.39 is 11.4 Å². The minimum absolute atomic E-state index is 0.0188. The zero-order chi connectivity index (χ0) is 13.6. The molecule has 4 nitrogen and oxygen atoms in total. The van der Waals surface area contributed by atoms with Crippen molar-refractivity contribution < 1.29 is 14.7 Å². The first-order chi connectivity index (χ1) is 9.03. The van der Waals surface area contributed by atoms with E-state index in [4.69, 9.17) is 5.11 Å². The van der Waals surface area contributed by atoms with Crippen LogP contribution in [0.25, 0.3) is 0 Å². The van der Waals surface area contributed by atoms with E-state index in [0.29, 0.717) is 18.8 Å². The van der Waals surface area contributed by atoms with Gasteiger partial charge in [0.25, 0.3) is 0 Å². The number of carbonyl (C=O) groups excluding carboxylic acids is 1. The van der Waals surface area contributed by atoms with Crippen LogP contribution in [0.1, 0.15) is 35.6 Å². The highest BCUT2D eigenvalue weighted by atomic mass is 32.1. The number of rotatable bonds is 5. The van der Waals surface area contributed by atoms with Gasteiger partial charge in [0, 0.05) is 23.3 Å². The van der Waals surface area contributed by atoms with Gasteiger partial charge in [-0.3, -0.25) is 9.59 Å². The number of carboxylic acid groups (broad SMARTS) is 1. The number of nitrogens with one attached hydrogen (secondary N) is 1. The Hall–Kier alpha value is -1.36. The summed E-state index contributed by atoms with van der Waals surface area (Å²) in [5, 5.41) is 13.9. The zero-order valence-electron chi connectivity index (χ0n) is 10.8. The minimum Gasteiger partial charge on any atom is -0.481 e. The Kier molecular flexibility index (Phi) is 2.89. The van der Waals surface area contributed by atoms with Gasteiger partial charge in [-0.05, 0) is 43.2 Å². The summed E-state index contributed by atoms with van der Waals surface area (Å²) in [7, 11) is 0. The number of carboxylic acids is 1. The summed E-state index contributed by atoms with van der Waals surface area (Å²) in [6, 6.07) is 2.08. The molecule has 2 saturated carbocycles. The molecule has 0 bridgehead atoms. The molecule has 0 aromatic carbocycles. The molecule has 5 heteroatoms. The van der Waals surface area contributed by atoms with Crippen molar-refractivity contribution >= 4 is 23.2 Å². The predicted molar refractivity (Wildman–Crippen MR) is 72.2 cm³/mol. The van der Waals surface area contributed by atoms with E-state index in [9.17, 15) is 9.59 Å². The molecule has 2 aliphatic carbocycles. The molecule has 2 fully saturated rings. The van der Waals surface area contributed by atoms with Crippen molar-refractivity contribution in [2.24, 2.45) is 11.3 Å². The third-order valence-electron chi connectivity index (χ3n) is 4.27. The third kappa shape index (κ3) is 2.27. The number of hydrogen-bond acceptors (Lipinski definition) is 3. The Labute approximate surface area is 115 Å². The van der Waals surface area contributed by atoms with Crippen LogP contribution in [0.4, 0.5) is 0 Å². The lowest BCUT2D eigenvalue weighted by Crippen LogP contribution is -2.35. The summed E-state index contributed by atoms with van der Waals surface area (Å²) >= 11 is 1.71. The molecule has 0 aliphatic heterocycles. The lowest BCUT2D eigenvalue weighted by atomic mass is 10.1. The van der Waals surface area contributed by atoms with Gasteiger partial charge in [-0.1, -0.05) is 0 Å². The molecule has 1 aromatic heterocycles. The molecule has 1 heterocycles. The first-order valence-corrected chi connectivity index (χ1v) is 7.46. The molecule has 3 rings (SSSR count). The van der Waals surface area contributed by atoms with Gasteiger partial charge in [0.05, 0.1) is 5.41 Å². The molecular weight excluding hydrogens is 262 g/mol. The Balaban J connectivity index is 1.54. The normalized spacial score (nSPS) is 26.8. The smallest absolute Gasteiger partial charge is 0.311 e. The van der Waals surface area contributed by atoms with E-state index in [1.54, 1.807) is 11.3 Å². The van der Waals surface area contributed by atoms with Gasteiger partial charge < -0.3 is 10.4 Å². The number of amides is 1. The maximum Gasteiger partial charge on any atom is 0.311 e. The van der Waals surface area contributed by atoms with E-state index in [1.807, 2.05) is 0 Å². The lowest BCUT2D eigenvalue weighted by Gasteiger charge is -2.10. The van der Waals surface area contributed by atoms with Gasteiger partial charge in [-0.2, -0.15) is 0 Å². The number of carbonyl (C=O) groups is 2. The van der Waals surface area contributed by atoms with Gasteiger partial charge >= 0.3 is 5.97 Å². The third-order valence-corrected chi connectivity index (χ3v) is 5.42. The fourth-order valence-corrected chi connectivity index (χ4v) is 3.65. The van der Waals surface area contributed by atoms with Crippen LogP contribution in [0.2, 0.25) is 0 Å².